The highest BCUT2D eigenvalue weighted by Gasteiger charge is 2.32. The van der Waals surface area contributed by atoms with Gasteiger partial charge in [-0.1, -0.05) is 6.07 Å². The highest BCUT2D eigenvalue weighted by molar-refractivity contribution is 5.44. The summed E-state index contributed by atoms with van der Waals surface area (Å²) in [6, 6.07) is 4.00. The van der Waals surface area contributed by atoms with Gasteiger partial charge in [0.05, 0.1) is 0 Å². The molecule has 1 aliphatic rings. The van der Waals surface area contributed by atoms with Crippen molar-refractivity contribution in [1.82, 2.24) is 14.6 Å². The van der Waals surface area contributed by atoms with E-state index >= 15 is 0 Å². The number of aryl methyl sites for hydroxylation is 1. The summed E-state index contributed by atoms with van der Waals surface area (Å²) in [6.45, 7) is 2.79. The Hall–Kier alpha value is -1.62. The number of pyridine rings is 1. The van der Waals surface area contributed by atoms with E-state index in [4.69, 9.17) is 5.73 Å². The maximum atomic E-state index is 6.14. The number of fused-ring (bicyclic) bond motifs is 1. The van der Waals surface area contributed by atoms with E-state index in [0.29, 0.717) is 5.95 Å². The molecule has 2 aromatic heterocycles. The summed E-state index contributed by atoms with van der Waals surface area (Å²) in [5.41, 5.74) is 8.12. The standard InChI is InChI=1S/C12H17N5/c1-9-3-4-10-15-11(16-17(10)7-9)14-8-12(13)5-2-6-12/h3-4,7H,2,5-6,8,13H2,1H3,(H,14,16). The molecular formula is C12H17N5. The van der Waals surface area contributed by atoms with Crippen molar-refractivity contribution in [2.75, 3.05) is 11.9 Å². The van der Waals surface area contributed by atoms with Crippen LogP contribution in [0.3, 0.4) is 0 Å². The highest BCUT2D eigenvalue weighted by atomic mass is 15.3. The van der Waals surface area contributed by atoms with Crippen molar-refractivity contribution in [2.24, 2.45) is 5.73 Å². The Bertz CT molecular complexity index is 541. The van der Waals surface area contributed by atoms with E-state index in [1.807, 2.05) is 25.3 Å². The van der Waals surface area contributed by atoms with Crippen LogP contribution in [0.15, 0.2) is 18.3 Å². The minimum absolute atomic E-state index is 0.0482. The molecule has 0 saturated heterocycles. The van der Waals surface area contributed by atoms with Crippen LogP contribution in [0.1, 0.15) is 24.8 Å². The van der Waals surface area contributed by atoms with Crippen LogP contribution in [0.4, 0.5) is 5.95 Å². The predicted octanol–water partition coefficient (Wildman–Crippen LogP) is 1.33. The summed E-state index contributed by atoms with van der Waals surface area (Å²) >= 11 is 0. The van der Waals surface area contributed by atoms with Crippen LogP contribution >= 0.6 is 0 Å². The number of hydrogen-bond acceptors (Lipinski definition) is 4. The van der Waals surface area contributed by atoms with Gasteiger partial charge in [0.1, 0.15) is 0 Å². The van der Waals surface area contributed by atoms with E-state index in [2.05, 4.69) is 15.4 Å². The van der Waals surface area contributed by atoms with Gasteiger partial charge in [-0.3, -0.25) is 0 Å². The minimum Gasteiger partial charge on any atom is -0.351 e. The van der Waals surface area contributed by atoms with Crippen LogP contribution in [-0.4, -0.2) is 26.7 Å². The van der Waals surface area contributed by atoms with E-state index in [9.17, 15) is 0 Å². The monoisotopic (exact) mass is 231 g/mol. The van der Waals surface area contributed by atoms with Crippen molar-refractivity contribution in [3.63, 3.8) is 0 Å². The van der Waals surface area contributed by atoms with Gasteiger partial charge >= 0.3 is 0 Å². The third kappa shape index (κ3) is 1.98. The smallest absolute Gasteiger partial charge is 0.243 e. The lowest BCUT2D eigenvalue weighted by Gasteiger charge is -2.37. The lowest BCUT2D eigenvalue weighted by atomic mass is 9.78. The second kappa shape index (κ2) is 3.70. The SMILES string of the molecule is Cc1ccc2nc(NCC3(N)CCC3)nn2c1. The topological polar surface area (TPSA) is 68.2 Å². The third-order valence-corrected chi connectivity index (χ3v) is 3.43. The first-order valence-electron chi connectivity index (χ1n) is 6.00. The average Bonchev–Trinajstić information content (AvgIpc) is 2.65. The van der Waals surface area contributed by atoms with E-state index in [0.717, 1.165) is 25.0 Å². The molecule has 1 saturated carbocycles. The molecule has 5 nitrogen and oxygen atoms in total. The molecule has 0 atom stereocenters. The Kier molecular flexibility index (Phi) is 2.29. The van der Waals surface area contributed by atoms with Crippen LogP contribution < -0.4 is 11.1 Å². The van der Waals surface area contributed by atoms with E-state index < -0.39 is 0 Å². The highest BCUT2D eigenvalue weighted by Crippen LogP contribution is 2.28. The summed E-state index contributed by atoms with van der Waals surface area (Å²) in [6.07, 6.45) is 5.38. The minimum atomic E-state index is -0.0482. The van der Waals surface area contributed by atoms with Crippen molar-refractivity contribution in [2.45, 2.75) is 31.7 Å². The number of rotatable bonds is 3. The number of nitrogens with zero attached hydrogens (tertiary/aromatic N) is 3. The van der Waals surface area contributed by atoms with Gasteiger partial charge in [0.2, 0.25) is 5.95 Å². The quantitative estimate of drug-likeness (QED) is 0.836. The molecule has 2 aromatic rings. The Morgan fingerprint density at radius 1 is 1.47 bits per heavy atom. The lowest BCUT2D eigenvalue weighted by Crippen LogP contribution is -2.52. The van der Waals surface area contributed by atoms with Gasteiger partial charge in [0.25, 0.3) is 0 Å². The zero-order valence-corrected chi connectivity index (χ0v) is 9.98. The lowest BCUT2D eigenvalue weighted by molar-refractivity contribution is 0.265. The first-order valence-corrected chi connectivity index (χ1v) is 6.00. The Balaban J connectivity index is 1.76. The van der Waals surface area contributed by atoms with Crippen LogP contribution in [0, 0.1) is 6.92 Å². The number of anilines is 1. The van der Waals surface area contributed by atoms with Crippen molar-refractivity contribution in [3.8, 4) is 0 Å². The molecule has 0 bridgehead atoms. The Labute approximate surface area is 100 Å². The third-order valence-electron chi connectivity index (χ3n) is 3.43. The molecule has 0 aromatic carbocycles. The average molecular weight is 231 g/mol. The molecule has 3 N–H and O–H groups in total. The number of hydrogen-bond donors (Lipinski definition) is 2. The summed E-state index contributed by atoms with van der Waals surface area (Å²) in [4.78, 5) is 4.40. The molecular weight excluding hydrogens is 214 g/mol. The molecule has 0 spiro atoms. The second-order valence-electron chi connectivity index (χ2n) is 5.01. The molecule has 0 unspecified atom stereocenters. The fourth-order valence-corrected chi connectivity index (χ4v) is 2.12. The van der Waals surface area contributed by atoms with Crippen LogP contribution in [0.2, 0.25) is 0 Å². The molecule has 5 heteroatoms. The van der Waals surface area contributed by atoms with Gasteiger partial charge in [-0.05, 0) is 37.8 Å². The normalized spacial score (nSPS) is 18.0. The largest absolute Gasteiger partial charge is 0.351 e. The summed E-state index contributed by atoms with van der Waals surface area (Å²) < 4.78 is 1.79. The van der Waals surface area contributed by atoms with Crippen molar-refractivity contribution < 1.29 is 0 Å². The predicted molar refractivity (Wildman–Crippen MR) is 67.0 cm³/mol. The fourth-order valence-electron chi connectivity index (χ4n) is 2.12. The van der Waals surface area contributed by atoms with E-state index in [-0.39, 0.29) is 5.54 Å². The van der Waals surface area contributed by atoms with Crippen LogP contribution in [-0.2, 0) is 0 Å². The zero-order valence-electron chi connectivity index (χ0n) is 9.98. The zero-order chi connectivity index (χ0) is 11.9. The van der Waals surface area contributed by atoms with Crippen LogP contribution in [0.25, 0.3) is 5.65 Å². The molecule has 0 amide bonds. The molecule has 1 fully saturated rings. The number of aromatic nitrogens is 3. The number of nitrogens with two attached hydrogens (primary N) is 1. The summed E-state index contributed by atoms with van der Waals surface area (Å²) in [5.74, 6) is 0.660. The molecule has 17 heavy (non-hydrogen) atoms. The van der Waals surface area contributed by atoms with Crippen molar-refractivity contribution in [3.05, 3.63) is 23.9 Å². The Morgan fingerprint density at radius 2 is 2.29 bits per heavy atom. The van der Waals surface area contributed by atoms with E-state index in [1.165, 1.54) is 12.0 Å². The number of nitrogens with one attached hydrogen (secondary N) is 1. The first-order chi connectivity index (χ1) is 8.15. The van der Waals surface area contributed by atoms with E-state index in [1.54, 1.807) is 4.52 Å². The molecule has 0 aliphatic heterocycles. The summed E-state index contributed by atoms with van der Waals surface area (Å²) in [7, 11) is 0. The second-order valence-corrected chi connectivity index (χ2v) is 5.01. The van der Waals surface area contributed by atoms with Crippen molar-refractivity contribution >= 4 is 11.6 Å². The van der Waals surface area contributed by atoms with Crippen molar-refractivity contribution in [1.29, 1.82) is 0 Å². The molecule has 3 rings (SSSR count). The van der Waals surface area contributed by atoms with Gasteiger partial charge in [-0.15, -0.1) is 5.10 Å². The molecule has 2 heterocycles. The fraction of sp³-hybridized carbons (Fsp3) is 0.500. The van der Waals surface area contributed by atoms with Gasteiger partial charge in [0, 0.05) is 18.3 Å². The summed E-state index contributed by atoms with van der Waals surface area (Å²) in [5, 5.41) is 7.60. The van der Waals surface area contributed by atoms with Gasteiger partial charge in [-0.25, -0.2) is 4.52 Å². The van der Waals surface area contributed by atoms with Crippen LogP contribution in [0.5, 0.6) is 0 Å². The molecule has 90 valence electrons. The van der Waals surface area contributed by atoms with Gasteiger partial charge in [0.15, 0.2) is 5.65 Å². The maximum absolute atomic E-state index is 6.14. The molecule has 1 aliphatic carbocycles. The Morgan fingerprint density at radius 3 is 3.00 bits per heavy atom. The maximum Gasteiger partial charge on any atom is 0.243 e. The molecule has 0 radical (unpaired) electrons. The van der Waals surface area contributed by atoms with Gasteiger partial charge in [-0.2, -0.15) is 4.98 Å². The first kappa shape index (κ1) is 10.5. The van der Waals surface area contributed by atoms with Gasteiger partial charge < -0.3 is 11.1 Å².